The lowest BCUT2D eigenvalue weighted by molar-refractivity contribution is -0.409. The van der Waals surface area contributed by atoms with Crippen molar-refractivity contribution in [2.45, 2.75) is 127 Å². The zero-order chi connectivity index (χ0) is 35.3. The largest absolute Gasteiger partial charge is 0.384 e. The van der Waals surface area contributed by atoms with Crippen molar-refractivity contribution in [1.82, 2.24) is 16.0 Å². The van der Waals surface area contributed by atoms with E-state index < -0.39 is 45.7 Å². The molecular formula is C32H68N4O10. The van der Waals surface area contributed by atoms with Crippen LogP contribution in [0.15, 0.2) is 0 Å². The first-order chi connectivity index (χ1) is 21.2. The summed E-state index contributed by atoms with van der Waals surface area (Å²) in [6.45, 7) is 17.5. The monoisotopic (exact) mass is 668 g/mol. The van der Waals surface area contributed by atoms with Crippen molar-refractivity contribution in [2.24, 2.45) is 5.73 Å². The summed E-state index contributed by atoms with van der Waals surface area (Å²) >= 11 is 0. The number of rotatable bonds is 25. The van der Waals surface area contributed by atoms with E-state index in [1.54, 1.807) is 27.7 Å². The van der Waals surface area contributed by atoms with Gasteiger partial charge in [-0.05, 0) is 120 Å². The quantitative estimate of drug-likeness (QED) is 0.0447. The fourth-order valence-electron chi connectivity index (χ4n) is 5.99. The van der Waals surface area contributed by atoms with Crippen LogP contribution in [0.25, 0.3) is 0 Å². The van der Waals surface area contributed by atoms with Crippen molar-refractivity contribution >= 4 is 0 Å². The van der Waals surface area contributed by atoms with Gasteiger partial charge in [0, 0.05) is 20.3 Å². The average molecular weight is 669 g/mol. The number of hydrogen-bond donors (Lipinski definition) is 9. The van der Waals surface area contributed by atoms with Crippen molar-refractivity contribution in [3.8, 4) is 0 Å². The number of methoxy groups -OCH3 is 1. The van der Waals surface area contributed by atoms with Gasteiger partial charge in [0.25, 0.3) is 0 Å². The number of aliphatic hydroxyl groups excluding tert-OH is 1. The van der Waals surface area contributed by atoms with Crippen LogP contribution >= 0.6 is 0 Å². The van der Waals surface area contributed by atoms with Gasteiger partial charge in [0.2, 0.25) is 12.1 Å². The Balaban J connectivity index is 2.89. The van der Waals surface area contributed by atoms with Crippen LogP contribution in [0.1, 0.15) is 81.1 Å². The van der Waals surface area contributed by atoms with E-state index in [-0.39, 0.29) is 33.0 Å². The van der Waals surface area contributed by atoms with Crippen molar-refractivity contribution in [2.75, 3.05) is 79.4 Å². The van der Waals surface area contributed by atoms with E-state index >= 15 is 0 Å². The van der Waals surface area contributed by atoms with Crippen LogP contribution in [0.5, 0.6) is 0 Å². The molecule has 14 heteroatoms. The van der Waals surface area contributed by atoms with E-state index in [1.807, 2.05) is 0 Å². The molecule has 276 valence electrons. The predicted molar refractivity (Wildman–Crippen MR) is 176 cm³/mol. The van der Waals surface area contributed by atoms with Crippen LogP contribution in [0, 0.1) is 0 Å². The minimum absolute atomic E-state index is 0.0605. The standard InChI is InChI=1S/C32H68N4O10/c1-10-44-29(5,25(37)38)45-26(2,21-36-20-14-19-35-17-12-11-16-34-18-13-15-33)22-43-24-28(4)31(7,40)32(8,41)30(6,39)27(3,46-28)23-42-9/h25,34-41H,10-24,33H2,1-9H3. The first kappa shape index (κ1) is 43.5. The summed E-state index contributed by atoms with van der Waals surface area (Å²) in [4.78, 5) is 0. The Kier molecular flexibility index (Phi) is 17.4. The number of unbranched alkanes of at least 4 members (excludes halogenated alkanes) is 1. The highest BCUT2D eigenvalue weighted by Crippen LogP contribution is 2.53. The van der Waals surface area contributed by atoms with Gasteiger partial charge < -0.3 is 70.9 Å². The molecule has 0 aliphatic carbocycles. The topological polar surface area (TPSA) is 209 Å². The summed E-state index contributed by atoms with van der Waals surface area (Å²) in [5.41, 5.74) is -4.43. The van der Waals surface area contributed by atoms with E-state index in [1.165, 1.54) is 34.8 Å². The van der Waals surface area contributed by atoms with E-state index in [0.717, 1.165) is 51.9 Å². The van der Waals surface area contributed by atoms with Gasteiger partial charge in [0.15, 0.2) is 0 Å². The molecule has 1 heterocycles. The highest BCUT2D eigenvalue weighted by molar-refractivity contribution is 5.23. The Morgan fingerprint density at radius 1 is 0.761 bits per heavy atom. The molecule has 1 saturated heterocycles. The lowest BCUT2D eigenvalue weighted by Crippen LogP contribution is -2.85. The SMILES string of the molecule is CCOC(C)(OC(C)(CNCCCNCCCCNCCCN)COCC1(C)OC(C)(COC)C(C)(O)C(C)(O)C1(C)O)C(O)O. The van der Waals surface area contributed by atoms with Gasteiger partial charge in [-0.3, -0.25) is 0 Å². The second kappa shape index (κ2) is 18.4. The second-order valence-corrected chi connectivity index (χ2v) is 14.0. The van der Waals surface area contributed by atoms with Crippen molar-refractivity contribution in [1.29, 1.82) is 0 Å². The highest BCUT2D eigenvalue weighted by atomic mass is 16.7. The molecule has 1 aliphatic heterocycles. The summed E-state index contributed by atoms with van der Waals surface area (Å²) in [5, 5.41) is 65.0. The summed E-state index contributed by atoms with van der Waals surface area (Å²) in [6, 6.07) is 0. The molecule has 10 N–H and O–H groups in total. The first-order valence-electron chi connectivity index (χ1n) is 16.7. The molecule has 0 amide bonds. The normalized spacial score (nSPS) is 32.9. The van der Waals surface area contributed by atoms with Gasteiger partial charge in [-0.25, -0.2) is 0 Å². The Bertz CT molecular complexity index is 867. The molecule has 0 bridgehead atoms. The molecule has 0 saturated carbocycles. The first-order valence-corrected chi connectivity index (χ1v) is 16.7. The molecule has 1 rings (SSSR count). The molecule has 46 heavy (non-hydrogen) atoms. The average Bonchev–Trinajstić information content (AvgIpc) is 2.94. The third-order valence-electron chi connectivity index (χ3n) is 9.68. The number of ether oxygens (including phenoxy) is 5. The lowest BCUT2D eigenvalue weighted by Gasteiger charge is -2.65. The number of nitrogens with one attached hydrogen (secondary N) is 3. The molecule has 0 radical (unpaired) electrons. The van der Waals surface area contributed by atoms with Crippen LogP contribution in [-0.4, -0.2) is 151 Å². The van der Waals surface area contributed by atoms with E-state index in [4.69, 9.17) is 29.4 Å². The van der Waals surface area contributed by atoms with Crippen molar-refractivity contribution in [3.63, 3.8) is 0 Å². The lowest BCUT2D eigenvalue weighted by atomic mass is 9.58. The van der Waals surface area contributed by atoms with Crippen LogP contribution in [-0.2, 0) is 23.7 Å². The van der Waals surface area contributed by atoms with Gasteiger partial charge in [0.05, 0.1) is 19.8 Å². The summed E-state index contributed by atoms with van der Waals surface area (Å²) in [5.74, 6) is -1.74. The van der Waals surface area contributed by atoms with Gasteiger partial charge >= 0.3 is 0 Å². The predicted octanol–water partition coefficient (Wildman–Crippen LogP) is -0.423. The third-order valence-corrected chi connectivity index (χ3v) is 9.68. The fraction of sp³-hybridized carbons (Fsp3) is 1.00. The van der Waals surface area contributed by atoms with Crippen molar-refractivity contribution in [3.05, 3.63) is 0 Å². The molecule has 7 unspecified atom stereocenters. The Labute approximate surface area is 277 Å². The minimum Gasteiger partial charge on any atom is -0.384 e. The summed E-state index contributed by atoms with van der Waals surface area (Å²) in [6.07, 6.45) is 2.10. The smallest absolute Gasteiger partial charge is 0.217 e. The maximum absolute atomic E-state index is 11.7. The summed E-state index contributed by atoms with van der Waals surface area (Å²) < 4.78 is 29.6. The van der Waals surface area contributed by atoms with E-state index in [2.05, 4.69) is 16.0 Å². The zero-order valence-electron chi connectivity index (χ0n) is 30.0. The van der Waals surface area contributed by atoms with Crippen LogP contribution in [0.4, 0.5) is 0 Å². The number of hydrogen-bond acceptors (Lipinski definition) is 14. The minimum atomic E-state index is -2.03. The molecule has 1 fully saturated rings. The number of nitrogens with two attached hydrogens (primary N) is 1. The molecule has 7 atom stereocenters. The molecule has 1 aliphatic rings. The molecule has 0 aromatic heterocycles. The summed E-state index contributed by atoms with van der Waals surface area (Å²) in [7, 11) is 1.46. The zero-order valence-corrected chi connectivity index (χ0v) is 30.0. The maximum atomic E-state index is 11.7. The Morgan fingerprint density at radius 3 is 1.76 bits per heavy atom. The molecule has 0 spiro atoms. The molecule has 0 aromatic carbocycles. The van der Waals surface area contributed by atoms with Gasteiger partial charge in [-0.2, -0.15) is 0 Å². The van der Waals surface area contributed by atoms with Crippen LogP contribution in [0.3, 0.4) is 0 Å². The molecule has 0 aromatic rings. The highest BCUT2D eigenvalue weighted by Gasteiger charge is 2.74. The van der Waals surface area contributed by atoms with Crippen molar-refractivity contribution < 1.29 is 49.2 Å². The molecule has 14 nitrogen and oxygen atoms in total. The number of aliphatic hydroxyl groups is 5. The Hall–Kier alpha value is -0.560. The maximum Gasteiger partial charge on any atom is 0.217 e. The van der Waals surface area contributed by atoms with Crippen LogP contribution < -0.4 is 21.7 Å². The fourth-order valence-corrected chi connectivity index (χ4v) is 5.99. The van der Waals surface area contributed by atoms with Gasteiger partial charge in [0.1, 0.15) is 33.6 Å². The van der Waals surface area contributed by atoms with Gasteiger partial charge in [-0.1, -0.05) is 0 Å². The Morgan fingerprint density at radius 2 is 1.26 bits per heavy atom. The van der Waals surface area contributed by atoms with E-state index in [0.29, 0.717) is 13.1 Å². The van der Waals surface area contributed by atoms with E-state index in [9.17, 15) is 25.5 Å². The van der Waals surface area contributed by atoms with Crippen LogP contribution in [0.2, 0.25) is 0 Å². The molecular weight excluding hydrogens is 600 g/mol. The second-order valence-electron chi connectivity index (χ2n) is 14.0. The van der Waals surface area contributed by atoms with Gasteiger partial charge in [-0.15, -0.1) is 0 Å². The third kappa shape index (κ3) is 10.7.